The lowest BCUT2D eigenvalue weighted by Gasteiger charge is -2.51. The molecule has 0 fully saturated rings. The summed E-state index contributed by atoms with van der Waals surface area (Å²) in [4.78, 5) is 26.7. The summed E-state index contributed by atoms with van der Waals surface area (Å²) in [6.45, 7) is 23.3. The van der Waals surface area contributed by atoms with Gasteiger partial charge in [-0.05, 0) is 120 Å². The molecule has 1 N–H and O–H groups in total. The van der Waals surface area contributed by atoms with Crippen molar-refractivity contribution < 1.29 is 28.9 Å². The van der Waals surface area contributed by atoms with Crippen molar-refractivity contribution in [3.8, 4) is 23.0 Å². The van der Waals surface area contributed by atoms with Crippen LogP contribution in [0.25, 0.3) is 0 Å². The first-order valence-electron chi connectivity index (χ1n) is 19.0. The highest BCUT2D eigenvalue weighted by Crippen LogP contribution is 2.63. The predicted molar refractivity (Wildman–Crippen MR) is 207 cm³/mol. The number of ether oxygens (including phenoxy) is 3. The standard InChI is InChI=1S/C47H52O6/c1-26-16-39-35(20-37(26)49)44(8,9)24-47(52-39)25-45(10,11)36-21-38(27(2)17-40(36)53-47)51-41(50)30-13-15-32-34(19-30)46(23-43(32,6)7)22-42(4,5)31-14-12-29(28(3)48)18-33(31)46/h12-21,49H,22-25H2,1-11H3. The molecule has 8 rings (SSSR count). The Morgan fingerprint density at radius 3 is 1.60 bits per heavy atom. The van der Waals surface area contributed by atoms with Crippen LogP contribution in [0.15, 0.2) is 60.7 Å². The number of ketones is 1. The summed E-state index contributed by atoms with van der Waals surface area (Å²) in [6.07, 6.45) is 3.02. The molecular weight excluding hydrogens is 661 g/mol. The number of carbonyl (C=O) groups is 2. The molecule has 2 unspecified atom stereocenters. The van der Waals surface area contributed by atoms with Gasteiger partial charge in [-0.15, -0.1) is 0 Å². The van der Waals surface area contributed by atoms with Gasteiger partial charge >= 0.3 is 5.97 Å². The second kappa shape index (κ2) is 11.0. The Balaban J connectivity index is 1.13. The van der Waals surface area contributed by atoms with E-state index in [9.17, 15) is 14.7 Å². The highest BCUT2D eigenvalue weighted by atomic mass is 16.7. The molecule has 0 bridgehead atoms. The largest absolute Gasteiger partial charge is 0.508 e. The van der Waals surface area contributed by atoms with Gasteiger partial charge in [0.15, 0.2) is 5.78 Å². The van der Waals surface area contributed by atoms with Crippen molar-refractivity contribution in [3.05, 3.63) is 116 Å². The minimum Gasteiger partial charge on any atom is -0.508 e. The van der Waals surface area contributed by atoms with Crippen LogP contribution in [0, 0.1) is 13.8 Å². The minimum atomic E-state index is -0.895. The van der Waals surface area contributed by atoms with Crippen LogP contribution < -0.4 is 14.2 Å². The molecule has 2 spiro atoms. The maximum atomic E-state index is 14.1. The average molecular weight is 713 g/mol. The first-order valence-corrected chi connectivity index (χ1v) is 19.0. The lowest BCUT2D eigenvalue weighted by atomic mass is 9.69. The van der Waals surface area contributed by atoms with Gasteiger partial charge < -0.3 is 19.3 Å². The summed E-state index contributed by atoms with van der Waals surface area (Å²) < 4.78 is 19.8. The molecule has 4 aliphatic rings. The van der Waals surface area contributed by atoms with Crippen LogP contribution in [0.4, 0.5) is 0 Å². The van der Waals surface area contributed by atoms with Crippen molar-refractivity contribution in [1.82, 2.24) is 0 Å². The topological polar surface area (TPSA) is 82.1 Å². The van der Waals surface area contributed by atoms with Crippen LogP contribution in [0.1, 0.15) is 153 Å². The van der Waals surface area contributed by atoms with Crippen LogP contribution in [0.5, 0.6) is 23.0 Å². The molecule has 0 amide bonds. The van der Waals surface area contributed by atoms with Gasteiger partial charge in [0.25, 0.3) is 5.79 Å². The normalized spacial score (nSPS) is 24.7. The van der Waals surface area contributed by atoms with E-state index >= 15 is 0 Å². The minimum absolute atomic E-state index is 0.0586. The molecule has 6 nitrogen and oxygen atoms in total. The smallest absolute Gasteiger partial charge is 0.343 e. The Hall–Kier alpha value is -4.58. The first-order chi connectivity index (χ1) is 24.6. The molecule has 0 saturated carbocycles. The first kappa shape index (κ1) is 35.4. The fourth-order valence-electron chi connectivity index (χ4n) is 10.7. The van der Waals surface area contributed by atoms with E-state index in [1.54, 1.807) is 6.92 Å². The number of Topliss-reactive ketones (excluding diaryl/α,β-unsaturated/α-hetero) is 1. The van der Waals surface area contributed by atoms with Gasteiger partial charge in [-0.25, -0.2) is 4.79 Å². The van der Waals surface area contributed by atoms with Crippen molar-refractivity contribution >= 4 is 11.8 Å². The maximum Gasteiger partial charge on any atom is 0.343 e. The fraction of sp³-hybridized carbons (Fsp3) is 0.447. The average Bonchev–Trinajstić information content (AvgIpc) is 3.41. The van der Waals surface area contributed by atoms with E-state index in [0.717, 1.165) is 57.7 Å². The molecule has 4 aromatic rings. The molecule has 2 aliphatic carbocycles. The summed E-state index contributed by atoms with van der Waals surface area (Å²) in [5.41, 5.74) is 8.44. The third-order valence-corrected chi connectivity index (χ3v) is 12.9. The van der Waals surface area contributed by atoms with E-state index < -0.39 is 11.8 Å². The van der Waals surface area contributed by atoms with Crippen molar-refractivity contribution in [3.63, 3.8) is 0 Å². The Kier molecular flexibility index (Phi) is 7.35. The molecule has 4 aromatic carbocycles. The van der Waals surface area contributed by atoms with Crippen molar-refractivity contribution in [2.24, 2.45) is 0 Å². The molecule has 2 aliphatic heterocycles. The van der Waals surface area contributed by atoms with Gasteiger partial charge in [0.2, 0.25) is 0 Å². The van der Waals surface area contributed by atoms with Gasteiger partial charge in [-0.1, -0.05) is 73.6 Å². The van der Waals surface area contributed by atoms with Crippen LogP contribution in [0.3, 0.4) is 0 Å². The van der Waals surface area contributed by atoms with E-state index in [0.29, 0.717) is 24.2 Å². The number of esters is 1. The third-order valence-electron chi connectivity index (χ3n) is 12.9. The van der Waals surface area contributed by atoms with Crippen molar-refractivity contribution in [2.75, 3.05) is 0 Å². The maximum absolute atomic E-state index is 14.1. The zero-order valence-corrected chi connectivity index (χ0v) is 33.1. The van der Waals surface area contributed by atoms with Crippen molar-refractivity contribution in [2.45, 2.75) is 135 Å². The molecule has 6 heteroatoms. The second-order valence-corrected chi connectivity index (χ2v) is 19.2. The van der Waals surface area contributed by atoms with E-state index in [4.69, 9.17) is 14.2 Å². The number of aromatic hydroxyl groups is 1. The number of phenols is 1. The highest BCUT2D eigenvalue weighted by molar-refractivity contribution is 5.95. The number of carbonyl (C=O) groups excluding carboxylic acids is 2. The summed E-state index contributed by atoms with van der Waals surface area (Å²) in [5.74, 6) is 1.00. The molecule has 53 heavy (non-hydrogen) atoms. The monoisotopic (exact) mass is 712 g/mol. The molecule has 0 aromatic heterocycles. The second-order valence-electron chi connectivity index (χ2n) is 19.2. The number of hydrogen-bond acceptors (Lipinski definition) is 6. The van der Waals surface area contributed by atoms with Crippen LogP contribution in [-0.4, -0.2) is 22.6 Å². The van der Waals surface area contributed by atoms with E-state index in [-0.39, 0.29) is 38.6 Å². The summed E-state index contributed by atoms with van der Waals surface area (Å²) in [5, 5.41) is 10.5. The van der Waals surface area contributed by atoms with Gasteiger partial charge in [-0.2, -0.15) is 0 Å². The molecule has 0 saturated heterocycles. The molecular formula is C47H52O6. The lowest BCUT2D eigenvalue weighted by Crippen LogP contribution is -2.55. The van der Waals surface area contributed by atoms with Gasteiger partial charge in [0.05, 0.1) is 5.56 Å². The number of rotatable bonds is 3. The number of aryl methyl sites for hydroxylation is 2. The third kappa shape index (κ3) is 5.33. The fourth-order valence-corrected chi connectivity index (χ4v) is 10.7. The van der Waals surface area contributed by atoms with Crippen molar-refractivity contribution in [1.29, 1.82) is 0 Å². The van der Waals surface area contributed by atoms with Gasteiger partial charge in [0.1, 0.15) is 23.0 Å². The Labute approximate surface area is 313 Å². The van der Waals surface area contributed by atoms with E-state index in [2.05, 4.69) is 79.7 Å². The Bertz CT molecular complexity index is 2270. The zero-order chi connectivity index (χ0) is 38.3. The van der Waals surface area contributed by atoms with E-state index in [1.807, 2.05) is 50.2 Å². The molecule has 2 atom stereocenters. The highest BCUT2D eigenvalue weighted by Gasteiger charge is 2.57. The lowest BCUT2D eigenvalue weighted by molar-refractivity contribution is -0.166. The number of phenolic OH excluding ortho intramolecular Hbond substituents is 1. The van der Waals surface area contributed by atoms with Crippen LogP contribution in [-0.2, 0) is 27.1 Å². The number of benzene rings is 4. The SMILES string of the molecule is CC(=O)c1ccc2c(c1)C1(CC2(C)C)CC(C)(C)c2ccc(C(=O)Oc3cc4c(cc3C)OC3(CC(C)(C)c5cc(O)c(C)cc5O3)CC4(C)C)cc21. The summed E-state index contributed by atoms with van der Waals surface area (Å²) in [6, 6.07) is 20.0. The zero-order valence-electron chi connectivity index (χ0n) is 33.1. The van der Waals surface area contributed by atoms with E-state index in [1.165, 1.54) is 16.7 Å². The Morgan fingerprint density at radius 2 is 1.06 bits per heavy atom. The number of fused-ring (bicyclic) bond motifs is 6. The molecule has 0 radical (unpaired) electrons. The van der Waals surface area contributed by atoms with Crippen LogP contribution >= 0.6 is 0 Å². The van der Waals surface area contributed by atoms with Gasteiger partial charge in [-0.3, -0.25) is 4.79 Å². The summed E-state index contributed by atoms with van der Waals surface area (Å²) >= 11 is 0. The predicted octanol–water partition coefficient (Wildman–Crippen LogP) is 10.6. The van der Waals surface area contributed by atoms with Gasteiger partial charge in [0, 0.05) is 45.8 Å². The molecule has 276 valence electrons. The summed E-state index contributed by atoms with van der Waals surface area (Å²) in [7, 11) is 0. The van der Waals surface area contributed by atoms with Crippen LogP contribution in [0.2, 0.25) is 0 Å². The molecule has 2 heterocycles. The Morgan fingerprint density at radius 1 is 0.585 bits per heavy atom. The quantitative estimate of drug-likeness (QED) is 0.129. The number of hydrogen-bond donors (Lipinski definition) is 1.